The Morgan fingerprint density at radius 1 is 1.06 bits per heavy atom. The Balaban J connectivity index is 1.64. The van der Waals surface area contributed by atoms with Crippen molar-refractivity contribution in [2.24, 2.45) is 17.6 Å². The average Bonchev–Trinajstić information content (AvgIpc) is 2.91. The second-order valence-corrected chi connectivity index (χ2v) is 9.52. The van der Waals surface area contributed by atoms with Crippen LogP contribution in [0.4, 0.5) is 5.69 Å². The second-order valence-electron chi connectivity index (χ2n) is 9.52. The van der Waals surface area contributed by atoms with Crippen LogP contribution in [0.3, 0.4) is 0 Å². The van der Waals surface area contributed by atoms with Crippen LogP contribution in [-0.4, -0.2) is 22.5 Å². The fraction of sp³-hybridized carbons (Fsp3) is 0.481. The third-order valence-electron chi connectivity index (χ3n) is 7.43. The molecule has 0 unspecified atom stereocenters. The molecule has 1 aliphatic carbocycles. The molecule has 2 aliphatic rings. The van der Waals surface area contributed by atoms with E-state index in [-0.39, 0.29) is 5.91 Å². The summed E-state index contributed by atoms with van der Waals surface area (Å²) in [5.41, 5.74) is 8.27. The van der Waals surface area contributed by atoms with Gasteiger partial charge in [-0.2, -0.15) is 0 Å². The summed E-state index contributed by atoms with van der Waals surface area (Å²) in [5.74, 6) is -1.57. The van der Waals surface area contributed by atoms with Gasteiger partial charge in [0.05, 0.1) is 12.5 Å². The number of nitrogens with two attached hydrogens (primary N) is 1. The van der Waals surface area contributed by atoms with Crippen LogP contribution in [0, 0.1) is 11.8 Å². The minimum atomic E-state index is -1.42. The molecule has 4 rings (SSSR count). The van der Waals surface area contributed by atoms with Gasteiger partial charge in [-0.3, -0.25) is 9.59 Å². The van der Waals surface area contributed by atoms with E-state index in [4.69, 9.17) is 5.73 Å². The van der Waals surface area contributed by atoms with Crippen LogP contribution >= 0.6 is 0 Å². The number of amides is 1. The van der Waals surface area contributed by atoms with Gasteiger partial charge in [0, 0.05) is 5.69 Å². The van der Waals surface area contributed by atoms with Crippen LogP contribution in [-0.2, 0) is 22.6 Å². The molecule has 2 aromatic rings. The Morgan fingerprint density at radius 2 is 1.75 bits per heavy atom. The monoisotopic (exact) mass is 434 g/mol. The van der Waals surface area contributed by atoms with Gasteiger partial charge in [0.25, 0.3) is 0 Å². The molecule has 170 valence electrons. The zero-order valence-corrected chi connectivity index (χ0v) is 18.7. The van der Waals surface area contributed by atoms with Crippen molar-refractivity contribution in [1.82, 2.24) is 0 Å². The Bertz CT molecular complexity index is 939. The van der Waals surface area contributed by atoms with Crippen molar-refractivity contribution in [3.8, 4) is 0 Å². The van der Waals surface area contributed by atoms with Gasteiger partial charge in [-0.25, -0.2) is 0 Å². The molecule has 1 saturated carbocycles. The molecule has 3 N–H and O–H groups in total. The molecule has 0 aromatic heterocycles. The van der Waals surface area contributed by atoms with E-state index in [0.717, 1.165) is 36.1 Å². The number of hydrogen-bond acceptors (Lipinski definition) is 3. The molecular weight excluding hydrogens is 400 g/mol. The molecular formula is C27H34N2O3. The van der Waals surface area contributed by atoms with Gasteiger partial charge in [0.1, 0.15) is 5.54 Å². The number of anilines is 1. The summed E-state index contributed by atoms with van der Waals surface area (Å²) in [7, 11) is 0. The number of hydrogen-bond donors (Lipinski definition) is 2. The highest BCUT2D eigenvalue weighted by Crippen LogP contribution is 2.38. The number of carboxylic acid groups (broad SMARTS) is 1. The van der Waals surface area contributed by atoms with E-state index in [1.165, 1.54) is 19.3 Å². The zero-order valence-electron chi connectivity index (χ0n) is 18.7. The van der Waals surface area contributed by atoms with Gasteiger partial charge in [-0.05, 0) is 48.8 Å². The minimum absolute atomic E-state index is 0.276. The lowest BCUT2D eigenvalue weighted by molar-refractivity contribution is -0.148. The highest BCUT2D eigenvalue weighted by Gasteiger charge is 2.49. The summed E-state index contributed by atoms with van der Waals surface area (Å²) in [6.45, 7) is 0.380. The summed E-state index contributed by atoms with van der Waals surface area (Å²) in [5, 5.41) is 10.2. The van der Waals surface area contributed by atoms with Gasteiger partial charge in [0.15, 0.2) is 0 Å². The second kappa shape index (κ2) is 9.86. The number of aliphatic carboxylic acids is 1. The highest BCUT2D eigenvalue weighted by atomic mass is 16.4. The highest BCUT2D eigenvalue weighted by molar-refractivity contribution is 6.03. The van der Waals surface area contributed by atoms with Crippen molar-refractivity contribution >= 4 is 17.6 Å². The standard InChI is InChI=1S/C27H34N2O3/c28-27(23(25(30)31)16-15-20-9-3-1-4-10-20)18-17-22-13-7-8-14-24(22)29(26(27)32)19-21-11-5-2-6-12-21/h2,5-8,11-14,20,23H,1,3-4,9-10,15-19,28H2,(H,30,31)/t23-,27-/m1/s1. The Kier molecular flexibility index (Phi) is 6.95. The third kappa shape index (κ3) is 4.73. The van der Waals surface area contributed by atoms with Crippen LogP contribution in [0.25, 0.3) is 0 Å². The van der Waals surface area contributed by atoms with E-state index in [1.54, 1.807) is 4.90 Å². The lowest BCUT2D eigenvalue weighted by atomic mass is 9.75. The number of fused-ring (bicyclic) bond motifs is 1. The maximum atomic E-state index is 14.0. The quantitative estimate of drug-likeness (QED) is 0.647. The molecule has 0 bridgehead atoms. The molecule has 2 aromatic carbocycles. The van der Waals surface area contributed by atoms with Crippen LogP contribution in [0.5, 0.6) is 0 Å². The molecule has 0 spiro atoms. The Labute approximate surface area is 190 Å². The number of carbonyl (C=O) groups excluding carboxylic acids is 1. The van der Waals surface area contributed by atoms with Gasteiger partial charge in [-0.1, -0.05) is 80.6 Å². The fourth-order valence-corrected chi connectivity index (χ4v) is 5.52. The molecule has 0 saturated heterocycles. The summed E-state index contributed by atoms with van der Waals surface area (Å²) in [6, 6.07) is 17.7. The number of nitrogens with zero attached hydrogens (tertiary/aromatic N) is 1. The van der Waals surface area contributed by atoms with E-state index >= 15 is 0 Å². The zero-order chi connectivity index (χ0) is 22.6. The maximum Gasteiger partial charge on any atom is 0.308 e. The number of benzene rings is 2. The third-order valence-corrected chi connectivity index (χ3v) is 7.43. The molecule has 5 heteroatoms. The van der Waals surface area contributed by atoms with Gasteiger partial charge < -0.3 is 15.7 Å². The van der Waals surface area contributed by atoms with Crippen LogP contribution in [0.1, 0.15) is 62.5 Å². The molecule has 1 heterocycles. The Morgan fingerprint density at radius 3 is 2.47 bits per heavy atom. The molecule has 5 nitrogen and oxygen atoms in total. The van der Waals surface area contributed by atoms with Gasteiger partial charge in [0.2, 0.25) is 5.91 Å². The van der Waals surface area contributed by atoms with Crippen molar-refractivity contribution in [2.75, 3.05) is 4.90 Å². The van der Waals surface area contributed by atoms with Crippen molar-refractivity contribution in [1.29, 1.82) is 0 Å². The maximum absolute atomic E-state index is 14.0. The summed E-state index contributed by atoms with van der Waals surface area (Å²) in [4.78, 5) is 28.1. The predicted molar refractivity (Wildman–Crippen MR) is 126 cm³/mol. The summed E-state index contributed by atoms with van der Waals surface area (Å²) >= 11 is 0. The number of rotatable bonds is 7. The number of carboxylic acids is 1. The number of para-hydroxylation sites is 1. The van der Waals surface area contributed by atoms with E-state index in [1.807, 2.05) is 54.6 Å². The molecule has 1 fully saturated rings. The van der Waals surface area contributed by atoms with Crippen molar-refractivity contribution < 1.29 is 14.7 Å². The summed E-state index contributed by atoms with van der Waals surface area (Å²) < 4.78 is 0. The van der Waals surface area contributed by atoms with Crippen LogP contribution in [0.15, 0.2) is 54.6 Å². The van der Waals surface area contributed by atoms with E-state index < -0.39 is 17.4 Å². The average molecular weight is 435 g/mol. The predicted octanol–water partition coefficient (Wildman–Crippen LogP) is 4.92. The molecule has 32 heavy (non-hydrogen) atoms. The molecule has 0 radical (unpaired) electrons. The van der Waals surface area contributed by atoms with Crippen LogP contribution < -0.4 is 10.6 Å². The number of aryl methyl sites for hydroxylation is 1. The van der Waals surface area contributed by atoms with E-state index in [9.17, 15) is 14.7 Å². The Hall–Kier alpha value is -2.66. The van der Waals surface area contributed by atoms with Gasteiger partial charge >= 0.3 is 5.97 Å². The first-order valence-electron chi connectivity index (χ1n) is 11.9. The SMILES string of the molecule is N[C@@]1([C@H](CCC2CCCCC2)C(=O)O)CCc2ccccc2N(Cc2ccccc2)C1=O. The van der Waals surface area contributed by atoms with Crippen LogP contribution in [0.2, 0.25) is 0 Å². The van der Waals surface area contributed by atoms with Crippen molar-refractivity contribution in [3.05, 3.63) is 65.7 Å². The lowest BCUT2D eigenvalue weighted by Gasteiger charge is -2.37. The molecule has 2 atom stereocenters. The minimum Gasteiger partial charge on any atom is -0.481 e. The van der Waals surface area contributed by atoms with Gasteiger partial charge in [-0.15, -0.1) is 0 Å². The first-order valence-corrected chi connectivity index (χ1v) is 11.9. The fourth-order valence-electron chi connectivity index (χ4n) is 5.52. The van der Waals surface area contributed by atoms with E-state index in [0.29, 0.717) is 31.7 Å². The first kappa shape index (κ1) is 22.5. The molecule has 1 amide bonds. The smallest absolute Gasteiger partial charge is 0.308 e. The van der Waals surface area contributed by atoms with Crippen molar-refractivity contribution in [2.45, 2.75) is 69.9 Å². The molecule has 1 aliphatic heterocycles. The van der Waals surface area contributed by atoms with Crippen molar-refractivity contribution in [3.63, 3.8) is 0 Å². The normalized spacial score (nSPS) is 22.8. The van der Waals surface area contributed by atoms with E-state index in [2.05, 4.69) is 0 Å². The largest absolute Gasteiger partial charge is 0.481 e. The first-order chi connectivity index (χ1) is 15.5. The topological polar surface area (TPSA) is 83.6 Å². The lowest BCUT2D eigenvalue weighted by Crippen LogP contribution is -2.61. The summed E-state index contributed by atoms with van der Waals surface area (Å²) in [6.07, 6.45) is 8.24. The number of carbonyl (C=O) groups is 2.